The average molecular weight is 552 g/mol. The Balaban J connectivity index is 1.34. The Morgan fingerprint density at radius 1 is 0.372 bits per heavy atom. The van der Waals surface area contributed by atoms with Gasteiger partial charge in [0.05, 0.1) is 11.1 Å². The van der Waals surface area contributed by atoms with Crippen LogP contribution in [0.1, 0.15) is 0 Å². The highest BCUT2D eigenvalue weighted by molar-refractivity contribution is 6.30. The van der Waals surface area contributed by atoms with Gasteiger partial charge in [0.2, 0.25) is 0 Å². The van der Waals surface area contributed by atoms with Gasteiger partial charge in [0.1, 0.15) is 22.3 Å². The molecule has 2 heterocycles. The maximum absolute atomic E-state index is 6.56. The van der Waals surface area contributed by atoms with Gasteiger partial charge in [0.25, 0.3) is 0 Å². The second kappa shape index (κ2) is 9.37. The molecule has 0 aliphatic heterocycles. The third-order valence-electron chi connectivity index (χ3n) is 8.45. The van der Waals surface area contributed by atoms with E-state index in [0.29, 0.717) is 0 Å². The summed E-state index contributed by atoms with van der Waals surface area (Å²) in [7, 11) is 0. The lowest BCUT2D eigenvalue weighted by atomic mass is 10.0. The Morgan fingerprint density at radius 3 is 1.84 bits per heavy atom. The lowest BCUT2D eigenvalue weighted by molar-refractivity contribution is 0.664. The number of anilines is 3. The molecular formula is C40H25NO2. The molecule has 0 atom stereocenters. The Bertz CT molecular complexity index is 2440. The highest BCUT2D eigenvalue weighted by atomic mass is 16.3. The van der Waals surface area contributed by atoms with Crippen molar-refractivity contribution in [3.05, 3.63) is 152 Å². The summed E-state index contributed by atoms with van der Waals surface area (Å²) in [5.74, 6) is 0. The molecule has 3 heteroatoms. The van der Waals surface area contributed by atoms with Crippen LogP contribution >= 0.6 is 0 Å². The van der Waals surface area contributed by atoms with Crippen molar-refractivity contribution in [2.75, 3.05) is 4.90 Å². The van der Waals surface area contributed by atoms with E-state index < -0.39 is 0 Å². The van der Waals surface area contributed by atoms with Crippen LogP contribution in [0.3, 0.4) is 0 Å². The van der Waals surface area contributed by atoms with Gasteiger partial charge in [-0.05, 0) is 71.1 Å². The van der Waals surface area contributed by atoms with E-state index in [1.54, 1.807) is 0 Å². The van der Waals surface area contributed by atoms with Crippen LogP contribution in [0, 0.1) is 0 Å². The monoisotopic (exact) mass is 551 g/mol. The third kappa shape index (κ3) is 3.68. The molecule has 7 aromatic carbocycles. The van der Waals surface area contributed by atoms with E-state index in [-0.39, 0.29) is 0 Å². The first-order valence-electron chi connectivity index (χ1n) is 14.5. The van der Waals surface area contributed by atoms with E-state index in [1.165, 1.54) is 11.1 Å². The molecule has 0 saturated heterocycles. The normalized spacial score (nSPS) is 11.7. The van der Waals surface area contributed by atoms with E-state index in [2.05, 4.69) is 138 Å². The van der Waals surface area contributed by atoms with Crippen LogP contribution in [0.2, 0.25) is 0 Å². The molecule has 0 N–H and O–H groups in total. The molecular weight excluding hydrogens is 526 g/mol. The Labute approximate surface area is 247 Å². The lowest BCUT2D eigenvalue weighted by Crippen LogP contribution is -2.10. The van der Waals surface area contributed by atoms with E-state index in [0.717, 1.165) is 71.7 Å². The summed E-state index contributed by atoms with van der Waals surface area (Å²) in [6.07, 6.45) is 0. The van der Waals surface area contributed by atoms with Crippen molar-refractivity contribution in [2.24, 2.45) is 0 Å². The van der Waals surface area contributed by atoms with Gasteiger partial charge >= 0.3 is 0 Å². The van der Waals surface area contributed by atoms with Crippen molar-refractivity contribution < 1.29 is 8.83 Å². The minimum atomic E-state index is 0.844. The zero-order valence-corrected chi connectivity index (χ0v) is 23.2. The number of hydrogen-bond acceptors (Lipinski definition) is 3. The molecule has 9 aromatic rings. The van der Waals surface area contributed by atoms with Gasteiger partial charge in [-0.15, -0.1) is 0 Å². The fraction of sp³-hybridized carbons (Fsp3) is 0. The standard InChI is InChI=1S/C40H25NO2/c1-3-10-26(11-4-1)27-18-21-30(22-19-27)41(29-13-5-2-6-14-29)33-16-9-17-34-38(33)39-36(42-34)25-24-35-37(39)32-23-20-28-12-7-8-15-31(28)40(32)43-35/h1-25H. The zero-order chi connectivity index (χ0) is 28.3. The van der Waals surface area contributed by atoms with Gasteiger partial charge in [0.15, 0.2) is 0 Å². The van der Waals surface area contributed by atoms with Crippen molar-refractivity contribution in [3.8, 4) is 11.1 Å². The van der Waals surface area contributed by atoms with Crippen LogP contribution in [0.25, 0.3) is 65.8 Å². The molecule has 202 valence electrons. The Kier molecular flexibility index (Phi) is 5.20. The van der Waals surface area contributed by atoms with Crippen LogP contribution in [0.4, 0.5) is 17.1 Å². The van der Waals surface area contributed by atoms with E-state index in [1.807, 2.05) is 18.2 Å². The van der Waals surface area contributed by atoms with E-state index >= 15 is 0 Å². The molecule has 0 fully saturated rings. The zero-order valence-electron chi connectivity index (χ0n) is 23.2. The van der Waals surface area contributed by atoms with Crippen LogP contribution < -0.4 is 4.90 Å². The molecule has 0 aliphatic rings. The van der Waals surface area contributed by atoms with Crippen LogP contribution in [0.5, 0.6) is 0 Å². The first-order valence-corrected chi connectivity index (χ1v) is 14.5. The van der Waals surface area contributed by atoms with Crippen molar-refractivity contribution in [3.63, 3.8) is 0 Å². The number of fused-ring (bicyclic) bond motifs is 9. The minimum absolute atomic E-state index is 0.844. The molecule has 0 unspecified atom stereocenters. The molecule has 0 amide bonds. The molecule has 3 nitrogen and oxygen atoms in total. The number of hydrogen-bond donors (Lipinski definition) is 0. The molecule has 0 spiro atoms. The van der Waals surface area contributed by atoms with Crippen LogP contribution in [-0.4, -0.2) is 0 Å². The summed E-state index contributed by atoms with van der Waals surface area (Å²) >= 11 is 0. The van der Waals surface area contributed by atoms with Gasteiger partial charge < -0.3 is 13.7 Å². The van der Waals surface area contributed by atoms with Crippen molar-refractivity contribution >= 4 is 71.7 Å². The van der Waals surface area contributed by atoms with Gasteiger partial charge in [-0.1, -0.05) is 97.1 Å². The fourth-order valence-corrected chi connectivity index (χ4v) is 6.51. The first-order chi connectivity index (χ1) is 21.3. The predicted molar refractivity (Wildman–Crippen MR) is 179 cm³/mol. The van der Waals surface area contributed by atoms with Gasteiger partial charge in [0, 0.05) is 32.9 Å². The van der Waals surface area contributed by atoms with Crippen molar-refractivity contribution in [1.82, 2.24) is 0 Å². The van der Waals surface area contributed by atoms with Crippen LogP contribution in [-0.2, 0) is 0 Å². The molecule has 43 heavy (non-hydrogen) atoms. The lowest BCUT2D eigenvalue weighted by Gasteiger charge is -2.26. The number of rotatable bonds is 4. The summed E-state index contributed by atoms with van der Waals surface area (Å²) in [4.78, 5) is 2.32. The molecule has 0 saturated carbocycles. The SMILES string of the molecule is c1ccc(-c2ccc(N(c3ccccc3)c3cccc4oc5ccc6oc7c8ccccc8ccc7c6c5c34)cc2)cc1. The first kappa shape index (κ1) is 23.9. The summed E-state index contributed by atoms with van der Waals surface area (Å²) < 4.78 is 13.1. The molecule has 0 radical (unpaired) electrons. The molecule has 2 aromatic heterocycles. The van der Waals surface area contributed by atoms with E-state index in [9.17, 15) is 0 Å². The quantitative estimate of drug-likeness (QED) is 0.218. The highest BCUT2D eigenvalue weighted by Gasteiger charge is 2.23. The summed E-state index contributed by atoms with van der Waals surface area (Å²) in [6, 6.07) is 53.0. The predicted octanol–water partition coefficient (Wildman–Crippen LogP) is 11.8. The maximum atomic E-state index is 6.56. The molecule has 9 rings (SSSR count). The third-order valence-corrected chi connectivity index (χ3v) is 8.45. The molecule has 0 aliphatic carbocycles. The van der Waals surface area contributed by atoms with Crippen LogP contribution in [0.15, 0.2) is 160 Å². The topological polar surface area (TPSA) is 29.5 Å². The summed E-state index contributed by atoms with van der Waals surface area (Å²) in [5, 5.41) is 6.58. The Morgan fingerprint density at radius 2 is 1.02 bits per heavy atom. The second-order valence-electron chi connectivity index (χ2n) is 10.9. The van der Waals surface area contributed by atoms with Crippen molar-refractivity contribution in [1.29, 1.82) is 0 Å². The largest absolute Gasteiger partial charge is 0.456 e. The second-order valence-corrected chi connectivity index (χ2v) is 10.9. The number of benzene rings is 7. The number of nitrogens with zero attached hydrogens (tertiary/aromatic N) is 1. The maximum Gasteiger partial charge on any atom is 0.143 e. The van der Waals surface area contributed by atoms with Gasteiger partial charge in [-0.2, -0.15) is 0 Å². The fourth-order valence-electron chi connectivity index (χ4n) is 6.51. The molecule has 0 bridgehead atoms. The summed E-state index contributed by atoms with van der Waals surface area (Å²) in [5.41, 5.74) is 9.04. The van der Waals surface area contributed by atoms with Gasteiger partial charge in [-0.25, -0.2) is 0 Å². The number of furan rings is 2. The smallest absolute Gasteiger partial charge is 0.143 e. The highest BCUT2D eigenvalue weighted by Crippen LogP contribution is 2.47. The van der Waals surface area contributed by atoms with E-state index in [4.69, 9.17) is 8.83 Å². The Hall–Kier alpha value is -5.80. The van der Waals surface area contributed by atoms with Crippen molar-refractivity contribution in [2.45, 2.75) is 0 Å². The van der Waals surface area contributed by atoms with Gasteiger partial charge in [-0.3, -0.25) is 0 Å². The average Bonchev–Trinajstić information content (AvgIpc) is 3.65. The number of para-hydroxylation sites is 1. The summed E-state index contributed by atoms with van der Waals surface area (Å²) in [6.45, 7) is 0. The minimum Gasteiger partial charge on any atom is -0.456 e.